The lowest BCUT2D eigenvalue weighted by Crippen LogP contribution is -2.44. The lowest BCUT2D eigenvalue weighted by Gasteiger charge is -2.20. The highest BCUT2D eigenvalue weighted by molar-refractivity contribution is 5.80. The summed E-state index contributed by atoms with van der Waals surface area (Å²) < 4.78 is 2.20. The van der Waals surface area contributed by atoms with Crippen molar-refractivity contribution in [1.29, 1.82) is 0 Å². The number of para-hydroxylation sites is 1. The molecule has 2 N–H and O–H groups in total. The summed E-state index contributed by atoms with van der Waals surface area (Å²) in [6.45, 7) is 9.02. The van der Waals surface area contributed by atoms with E-state index in [9.17, 15) is 0 Å². The first-order chi connectivity index (χ1) is 13.3. The second-order valence-corrected chi connectivity index (χ2v) is 7.05. The Morgan fingerprint density at radius 2 is 2.11 bits per heavy atom. The fraction of sp³-hybridized carbons (Fsp3) is 0.524. The summed E-state index contributed by atoms with van der Waals surface area (Å²) in [6.07, 6.45) is 7.24. The van der Waals surface area contributed by atoms with Crippen molar-refractivity contribution in [1.82, 2.24) is 20.2 Å². The highest BCUT2D eigenvalue weighted by atomic mass is 15.2. The number of nitrogens with zero attached hydrogens (tertiary/aromatic N) is 4. The molecule has 0 saturated carbocycles. The van der Waals surface area contributed by atoms with E-state index in [0.29, 0.717) is 6.04 Å². The van der Waals surface area contributed by atoms with Gasteiger partial charge in [0, 0.05) is 56.8 Å². The van der Waals surface area contributed by atoms with E-state index in [1.807, 2.05) is 19.3 Å². The molecule has 0 spiro atoms. The van der Waals surface area contributed by atoms with Crippen molar-refractivity contribution in [3.05, 3.63) is 48.5 Å². The standard InChI is InChI=1S/C21H32N6/c1-3-22-21(24-12-7-8-14-26-16-13-23-18(26)2)25-19-11-15-27(17-19)20-9-5-4-6-10-20/h4-6,9-10,13,16,19H,3,7-8,11-12,14-15,17H2,1-2H3,(H2,22,24,25). The van der Waals surface area contributed by atoms with Gasteiger partial charge in [-0.05, 0) is 45.2 Å². The first-order valence-electron chi connectivity index (χ1n) is 10.1. The molecule has 1 saturated heterocycles. The predicted octanol–water partition coefficient (Wildman–Crippen LogP) is 2.81. The molecule has 1 aromatic heterocycles. The van der Waals surface area contributed by atoms with Gasteiger partial charge in [-0.1, -0.05) is 18.2 Å². The van der Waals surface area contributed by atoms with Crippen LogP contribution in [0.2, 0.25) is 0 Å². The van der Waals surface area contributed by atoms with Crippen LogP contribution in [-0.2, 0) is 6.54 Å². The van der Waals surface area contributed by atoms with Crippen molar-refractivity contribution in [2.45, 2.75) is 45.7 Å². The number of rotatable bonds is 8. The van der Waals surface area contributed by atoms with Crippen molar-refractivity contribution in [2.24, 2.45) is 4.99 Å². The smallest absolute Gasteiger partial charge is 0.191 e. The number of imidazole rings is 1. The number of benzene rings is 1. The Bertz CT molecular complexity index is 708. The maximum Gasteiger partial charge on any atom is 0.191 e. The Morgan fingerprint density at radius 3 is 2.85 bits per heavy atom. The van der Waals surface area contributed by atoms with Crippen LogP contribution < -0.4 is 15.5 Å². The van der Waals surface area contributed by atoms with Crippen LogP contribution in [0.1, 0.15) is 32.0 Å². The zero-order chi connectivity index (χ0) is 18.9. The van der Waals surface area contributed by atoms with Gasteiger partial charge in [-0.15, -0.1) is 0 Å². The average Bonchev–Trinajstić information content (AvgIpc) is 3.31. The minimum Gasteiger partial charge on any atom is -0.369 e. The van der Waals surface area contributed by atoms with E-state index >= 15 is 0 Å². The summed E-state index contributed by atoms with van der Waals surface area (Å²) in [4.78, 5) is 11.5. The molecule has 2 heterocycles. The number of aliphatic imine (C=N–C) groups is 1. The second kappa shape index (κ2) is 10.00. The molecule has 1 fully saturated rings. The summed E-state index contributed by atoms with van der Waals surface area (Å²) >= 11 is 0. The molecule has 1 atom stereocenters. The topological polar surface area (TPSA) is 57.5 Å². The molecule has 1 aromatic carbocycles. The molecule has 1 aliphatic rings. The molecule has 2 aromatic rings. The van der Waals surface area contributed by atoms with E-state index in [-0.39, 0.29) is 0 Å². The lowest BCUT2D eigenvalue weighted by molar-refractivity contribution is 0.597. The third kappa shape index (κ3) is 5.74. The van der Waals surface area contributed by atoms with Gasteiger partial charge in [-0.25, -0.2) is 4.98 Å². The van der Waals surface area contributed by atoms with Crippen LogP contribution in [0.3, 0.4) is 0 Å². The Balaban J connectivity index is 1.43. The minimum absolute atomic E-state index is 0.441. The van der Waals surface area contributed by atoms with Gasteiger partial charge in [0.1, 0.15) is 5.82 Å². The van der Waals surface area contributed by atoms with Gasteiger partial charge in [0.25, 0.3) is 0 Å². The molecule has 6 heteroatoms. The van der Waals surface area contributed by atoms with E-state index in [1.165, 1.54) is 5.69 Å². The monoisotopic (exact) mass is 368 g/mol. The Morgan fingerprint density at radius 1 is 1.26 bits per heavy atom. The fourth-order valence-corrected chi connectivity index (χ4v) is 3.49. The number of guanidine groups is 1. The fourth-order valence-electron chi connectivity index (χ4n) is 3.49. The number of aryl methyl sites for hydroxylation is 2. The first-order valence-corrected chi connectivity index (χ1v) is 10.1. The van der Waals surface area contributed by atoms with Gasteiger partial charge in [0.05, 0.1) is 0 Å². The lowest BCUT2D eigenvalue weighted by atomic mass is 10.2. The summed E-state index contributed by atoms with van der Waals surface area (Å²) in [5, 5.41) is 7.00. The minimum atomic E-state index is 0.441. The largest absolute Gasteiger partial charge is 0.369 e. The second-order valence-electron chi connectivity index (χ2n) is 7.05. The Kier molecular flexibility index (Phi) is 7.13. The third-order valence-electron chi connectivity index (χ3n) is 5.00. The molecule has 1 aliphatic heterocycles. The third-order valence-corrected chi connectivity index (χ3v) is 5.00. The van der Waals surface area contributed by atoms with Crippen LogP contribution in [-0.4, -0.2) is 47.7 Å². The molecule has 146 valence electrons. The van der Waals surface area contributed by atoms with E-state index in [4.69, 9.17) is 4.99 Å². The summed E-state index contributed by atoms with van der Waals surface area (Å²) in [7, 11) is 0. The van der Waals surface area contributed by atoms with Gasteiger partial charge in [0.15, 0.2) is 5.96 Å². The van der Waals surface area contributed by atoms with Crippen LogP contribution >= 0.6 is 0 Å². The van der Waals surface area contributed by atoms with Gasteiger partial charge in [-0.3, -0.25) is 4.99 Å². The van der Waals surface area contributed by atoms with Gasteiger partial charge in [-0.2, -0.15) is 0 Å². The molecular weight excluding hydrogens is 336 g/mol. The van der Waals surface area contributed by atoms with Crippen LogP contribution in [0.5, 0.6) is 0 Å². The average molecular weight is 369 g/mol. The number of hydrogen-bond donors (Lipinski definition) is 2. The predicted molar refractivity (Wildman–Crippen MR) is 112 cm³/mol. The summed E-state index contributed by atoms with van der Waals surface area (Å²) in [5.41, 5.74) is 1.30. The zero-order valence-corrected chi connectivity index (χ0v) is 16.6. The SMILES string of the molecule is CCNC(=NCCCCn1ccnc1C)NC1CCN(c2ccccc2)C1. The zero-order valence-electron chi connectivity index (χ0n) is 16.6. The van der Waals surface area contributed by atoms with Crippen molar-refractivity contribution >= 4 is 11.6 Å². The number of anilines is 1. The number of nitrogens with one attached hydrogen (secondary N) is 2. The molecule has 0 bridgehead atoms. The van der Waals surface area contributed by atoms with E-state index < -0.39 is 0 Å². The quantitative estimate of drug-likeness (QED) is 0.427. The van der Waals surface area contributed by atoms with Crippen LogP contribution in [0.4, 0.5) is 5.69 Å². The van der Waals surface area contributed by atoms with Gasteiger partial charge in [0.2, 0.25) is 0 Å². The summed E-state index contributed by atoms with van der Waals surface area (Å²) in [6, 6.07) is 11.1. The van der Waals surface area contributed by atoms with Crippen LogP contribution in [0.15, 0.2) is 47.7 Å². The van der Waals surface area contributed by atoms with Crippen LogP contribution in [0.25, 0.3) is 0 Å². The van der Waals surface area contributed by atoms with E-state index in [1.54, 1.807) is 0 Å². The van der Waals surface area contributed by atoms with E-state index in [0.717, 1.165) is 63.8 Å². The number of unbranched alkanes of at least 4 members (excludes halogenated alkanes) is 1. The molecule has 1 unspecified atom stereocenters. The molecule has 27 heavy (non-hydrogen) atoms. The molecule has 3 rings (SSSR count). The molecule has 0 aliphatic carbocycles. The van der Waals surface area contributed by atoms with Crippen LogP contribution in [0, 0.1) is 6.92 Å². The Hall–Kier alpha value is -2.50. The van der Waals surface area contributed by atoms with Crippen molar-refractivity contribution < 1.29 is 0 Å². The Labute approximate surface area is 162 Å². The molecule has 6 nitrogen and oxygen atoms in total. The first kappa shape index (κ1) is 19.3. The maximum atomic E-state index is 4.77. The molecule has 0 radical (unpaired) electrons. The molecular formula is C21H32N6. The highest BCUT2D eigenvalue weighted by Gasteiger charge is 2.23. The van der Waals surface area contributed by atoms with Crippen molar-refractivity contribution in [3.63, 3.8) is 0 Å². The molecule has 0 amide bonds. The van der Waals surface area contributed by atoms with E-state index in [2.05, 4.69) is 62.3 Å². The van der Waals surface area contributed by atoms with Crippen molar-refractivity contribution in [3.8, 4) is 0 Å². The van der Waals surface area contributed by atoms with Gasteiger partial charge >= 0.3 is 0 Å². The number of aromatic nitrogens is 2. The highest BCUT2D eigenvalue weighted by Crippen LogP contribution is 2.19. The summed E-state index contributed by atoms with van der Waals surface area (Å²) in [5.74, 6) is 2.02. The van der Waals surface area contributed by atoms with Crippen molar-refractivity contribution in [2.75, 3.05) is 31.1 Å². The maximum absolute atomic E-state index is 4.77. The van der Waals surface area contributed by atoms with Gasteiger partial charge < -0.3 is 20.1 Å². The number of hydrogen-bond acceptors (Lipinski definition) is 3. The normalized spacial score (nSPS) is 17.3.